The second kappa shape index (κ2) is 4.62. The fraction of sp³-hybridized carbons (Fsp3) is 0.400. The first-order chi connectivity index (χ1) is 8.71. The van der Waals surface area contributed by atoms with Gasteiger partial charge in [-0.15, -0.1) is 10.2 Å². The van der Waals surface area contributed by atoms with E-state index in [1.54, 1.807) is 0 Å². The van der Waals surface area contributed by atoms with Gasteiger partial charge in [0.2, 0.25) is 0 Å². The number of alkyl halides is 3. The highest BCUT2D eigenvalue weighted by molar-refractivity contribution is 6.33. The number of pyridine rings is 1. The van der Waals surface area contributed by atoms with Crippen molar-refractivity contribution in [1.82, 2.24) is 14.6 Å². The average Bonchev–Trinajstić information content (AvgIpc) is 2.70. The molecule has 19 heavy (non-hydrogen) atoms. The summed E-state index contributed by atoms with van der Waals surface area (Å²) in [6.45, 7) is 1.40. The minimum atomic E-state index is -4.55. The zero-order chi connectivity index (χ0) is 14.4. The molecule has 0 aliphatic carbocycles. The number of nitrogens with zero attached hydrogens (tertiary/aromatic N) is 3. The predicted octanol–water partition coefficient (Wildman–Crippen LogP) is 1.78. The summed E-state index contributed by atoms with van der Waals surface area (Å²) in [6, 6.07) is -0.196. The smallest absolute Gasteiger partial charge is 0.391 e. The van der Waals surface area contributed by atoms with Crippen molar-refractivity contribution in [3.05, 3.63) is 28.7 Å². The molecule has 0 amide bonds. The highest BCUT2D eigenvalue weighted by Gasteiger charge is 2.32. The number of aromatic nitrogens is 3. The van der Waals surface area contributed by atoms with Gasteiger partial charge in [-0.3, -0.25) is 4.40 Å². The zero-order valence-electron chi connectivity index (χ0n) is 9.69. The maximum absolute atomic E-state index is 12.7. The Hall–Kier alpha value is -1.38. The standard InChI is InChI=1S/C10H10ClF3N4O/c1-4(19)7(15)9-17-16-8-6(11)2-5(3-18(8)9)10(12,13)14/h2-4,7,19H,15H2,1H3. The second-order valence-corrected chi connectivity index (χ2v) is 4.50. The maximum atomic E-state index is 12.7. The third-order valence-corrected chi connectivity index (χ3v) is 2.91. The van der Waals surface area contributed by atoms with Crippen LogP contribution in [0.25, 0.3) is 5.65 Å². The van der Waals surface area contributed by atoms with Crippen molar-refractivity contribution in [2.75, 3.05) is 0 Å². The van der Waals surface area contributed by atoms with Crippen LogP contribution in [0.3, 0.4) is 0 Å². The largest absolute Gasteiger partial charge is 0.417 e. The van der Waals surface area contributed by atoms with E-state index < -0.39 is 23.9 Å². The lowest BCUT2D eigenvalue weighted by atomic mass is 10.2. The van der Waals surface area contributed by atoms with Crippen LogP contribution in [0.2, 0.25) is 5.02 Å². The van der Waals surface area contributed by atoms with Gasteiger partial charge in [-0.05, 0) is 13.0 Å². The highest BCUT2D eigenvalue weighted by Crippen LogP contribution is 2.32. The van der Waals surface area contributed by atoms with Gasteiger partial charge in [-0.1, -0.05) is 11.6 Å². The van der Waals surface area contributed by atoms with E-state index in [1.165, 1.54) is 6.92 Å². The molecule has 0 radical (unpaired) electrons. The molecule has 2 unspecified atom stereocenters. The number of hydrogen-bond acceptors (Lipinski definition) is 4. The van der Waals surface area contributed by atoms with E-state index >= 15 is 0 Å². The van der Waals surface area contributed by atoms with E-state index in [0.29, 0.717) is 0 Å². The summed E-state index contributed by atoms with van der Waals surface area (Å²) >= 11 is 5.74. The number of hydrogen-bond donors (Lipinski definition) is 2. The number of nitrogens with two attached hydrogens (primary N) is 1. The Balaban J connectivity index is 2.67. The lowest BCUT2D eigenvalue weighted by molar-refractivity contribution is -0.137. The highest BCUT2D eigenvalue weighted by atomic mass is 35.5. The van der Waals surface area contributed by atoms with Gasteiger partial charge >= 0.3 is 6.18 Å². The molecule has 5 nitrogen and oxygen atoms in total. The van der Waals surface area contributed by atoms with Crippen LogP contribution in [-0.2, 0) is 6.18 Å². The van der Waals surface area contributed by atoms with Crippen LogP contribution in [0.5, 0.6) is 0 Å². The van der Waals surface area contributed by atoms with Crippen molar-refractivity contribution in [1.29, 1.82) is 0 Å². The van der Waals surface area contributed by atoms with Gasteiger partial charge in [0, 0.05) is 6.20 Å². The van der Waals surface area contributed by atoms with Crippen molar-refractivity contribution in [3.63, 3.8) is 0 Å². The molecule has 0 aromatic carbocycles. The Bertz CT molecular complexity index is 611. The van der Waals surface area contributed by atoms with Crippen molar-refractivity contribution in [3.8, 4) is 0 Å². The second-order valence-electron chi connectivity index (χ2n) is 4.09. The summed E-state index contributed by atoms with van der Waals surface area (Å²) in [7, 11) is 0. The minimum absolute atomic E-state index is 0.0120. The Morgan fingerprint density at radius 2 is 2.05 bits per heavy atom. The van der Waals surface area contributed by atoms with Crippen molar-refractivity contribution in [2.45, 2.75) is 25.2 Å². The van der Waals surface area contributed by atoms with Gasteiger partial charge < -0.3 is 10.8 Å². The van der Waals surface area contributed by atoms with Crippen LogP contribution in [0.1, 0.15) is 24.4 Å². The molecule has 2 aromatic heterocycles. The number of aliphatic hydroxyl groups is 1. The molecule has 0 aliphatic heterocycles. The van der Waals surface area contributed by atoms with Gasteiger partial charge in [0.1, 0.15) is 0 Å². The normalized spacial score (nSPS) is 15.7. The Morgan fingerprint density at radius 3 is 2.58 bits per heavy atom. The van der Waals surface area contributed by atoms with Crippen LogP contribution in [0.15, 0.2) is 12.3 Å². The molecule has 0 saturated heterocycles. The van der Waals surface area contributed by atoms with Crippen LogP contribution in [0.4, 0.5) is 13.2 Å². The molecule has 2 rings (SSSR count). The summed E-state index contributed by atoms with van der Waals surface area (Å²) in [5, 5.41) is 16.5. The summed E-state index contributed by atoms with van der Waals surface area (Å²) in [5.41, 5.74) is 4.78. The quantitative estimate of drug-likeness (QED) is 0.885. The van der Waals surface area contributed by atoms with Crippen molar-refractivity contribution < 1.29 is 18.3 Å². The number of halogens is 4. The molecule has 2 aromatic rings. The number of aliphatic hydroxyl groups excluding tert-OH is 1. The van der Waals surface area contributed by atoms with Gasteiger partial charge in [0.05, 0.1) is 22.7 Å². The minimum Gasteiger partial charge on any atom is -0.391 e. The first-order valence-electron chi connectivity index (χ1n) is 5.27. The molecule has 2 heterocycles. The van der Waals surface area contributed by atoms with E-state index in [9.17, 15) is 18.3 Å². The monoisotopic (exact) mass is 294 g/mol. The van der Waals surface area contributed by atoms with E-state index in [-0.39, 0.29) is 16.5 Å². The van der Waals surface area contributed by atoms with Crippen LogP contribution >= 0.6 is 11.6 Å². The summed E-state index contributed by atoms with van der Waals surface area (Å²) in [6.07, 6.45) is -4.73. The molecule has 3 N–H and O–H groups in total. The van der Waals surface area contributed by atoms with E-state index in [2.05, 4.69) is 10.2 Å². The molecule has 104 valence electrons. The molecule has 0 aliphatic rings. The molecule has 0 fully saturated rings. The van der Waals surface area contributed by atoms with Crippen LogP contribution < -0.4 is 5.73 Å². The first kappa shape index (κ1) is 14.0. The average molecular weight is 295 g/mol. The van der Waals surface area contributed by atoms with E-state index in [1.807, 2.05) is 0 Å². The Kier molecular flexibility index (Phi) is 3.41. The first-order valence-corrected chi connectivity index (χ1v) is 5.64. The van der Waals surface area contributed by atoms with Crippen molar-refractivity contribution in [2.24, 2.45) is 5.73 Å². The Morgan fingerprint density at radius 1 is 1.42 bits per heavy atom. The lowest BCUT2D eigenvalue weighted by Gasteiger charge is -2.14. The third-order valence-electron chi connectivity index (χ3n) is 2.63. The molecular formula is C10H10ClF3N4O. The SMILES string of the molecule is CC(O)C(N)c1nnc2c(Cl)cc(C(F)(F)F)cn12. The molecule has 9 heteroatoms. The Labute approximate surface area is 110 Å². The summed E-state index contributed by atoms with van der Waals surface area (Å²) in [4.78, 5) is 0. The predicted molar refractivity (Wildman–Crippen MR) is 61.6 cm³/mol. The lowest BCUT2D eigenvalue weighted by Crippen LogP contribution is -2.25. The van der Waals surface area contributed by atoms with E-state index in [4.69, 9.17) is 17.3 Å². The molecule has 0 spiro atoms. The maximum Gasteiger partial charge on any atom is 0.417 e. The van der Waals surface area contributed by atoms with Gasteiger partial charge in [-0.2, -0.15) is 13.2 Å². The fourth-order valence-electron chi connectivity index (χ4n) is 1.57. The van der Waals surface area contributed by atoms with Gasteiger partial charge in [-0.25, -0.2) is 0 Å². The van der Waals surface area contributed by atoms with Gasteiger partial charge in [0.15, 0.2) is 11.5 Å². The number of rotatable bonds is 2. The van der Waals surface area contributed by atoms with Gasteiger partial charge in [0.25, 0.3) is 0 Å². The molecular weight excluding hydrogens is 285 g/mol. The molecule has 0 saturated carbocycles. The summed E-state index contributed by atoms with van der Waals surface area (Å²) in [5.74, 6) is 0.0120. The number of fused-ring (bicyclic) bond motifs is 1. The van der Waals surface area contributed by atoms with Crippen molar-refractivity contribution >= 4 is 17.2 Å². The topological polar surface area (TPSA) is 76.4 Å². The fourth-order valence-corrected chi connectivity index (χ4v) is 1.82. The summed E-state index contributed by atoms with van der Waals surface area (Å²) < 4.78 is 39.1. The molecule has 0 bridgehead atoms. The van der Waals surface area contributed by atoms with Crippen LogP contribution in [-0.4, -0.2) is 25.8 Å². The van der Waals surface area contributed by atoms with Crippen LogP contribution in [0, 0.1) is 0 Å². The third kappa shape index (κ3) is 2.51. The zero-order valence-corrected chi connectivity index (χ0v) is 10.4. The molecule has 2 atom stereocenters. The van der Waals surface area contributed by atoms with E-state index in [0.717, 1.165) is 16.7 Å².